The number of hydrogen-bond acceptors (Lipinski definition) is 2. The normalized spacial score (nSPS) is 15.4. The second-order valence-corrected chi connectivity index (χ2v) is 23.9. The van der Waals surface area contributed by atoms with Crippen LogP contribution in [0.2, 0.25) is 0 Å². The van der Waals surface area contributed by atoms with Crippen LogP contribution in [0, 0.1) is 11.8 Å². The second kappa shape index (κ2) is 37.8. The molecular weight excluding hydrogens is 989 g/mol. The summed E-state index contributed by atoms with van der Waals surface area (Å²) < 4.78 is 1.95. The summed E-state index contributed by atoms with van der Waals surface area (Å²) in [5, 5.41) is 0. The van der Waals surface area contributed by atoms with Gasteiger partial charge in [-0.05, 0) is 61.8 Å². The van der Waals surface area contributed by atoms with E-state index in [0.717, 1.165) is 70.2 Å². The minimum atomic E-state index is 0.0111. The zero-order valence-corrected chi connectivity index (χ0v) is 49.0. The third-order valence-corrected chi connectivity index (χ3v) is 16.9. The molecule has 0 saturated heterocycles. The lowest BCUT2D eigenvalue weighted by molar-refractivity contribution is -0.114. The Bertz CT molecular complexity index is 1630. The molecule has 0 aromatic heterocycles. The fourth-order valence-corrected chi connectivity index (χ4v) is 12.3. The van der Waals surface area contributed by atoms with Gasteiger partial charge in [0.2, 0.25) is 0 Å². The number of unbranched alkanes of at least 4 members (excludes halogenated alkanes) is 32. The zero-order chi connectivity index (χ0) is 50.0. The van der Waals surface area contributed by atoms with Crippen LogP contribution in [0.1, 0.15) is 296 Å². The van der Waals surface area contributed by atoms with E-state index in [0.29, 0.717) is 23.0 Å². The van der Waals surface area contributed by atoms with Gasteiger partial charge in [0.1, 0.15) is 0 Å². The minimum absolute atomic E-state index is 0.0111. The Labute approximate surface area is 448 Å². The van der Waals surface area contributed by atoms with Gasteiger partial charge in [0.15, 0.2) is 0 Å². The summed E-state index contributed by atoms with van der Waals surface area (Å²) in [7, 11) is 0. The predicted molar refractivity (Wildman–Crippen MR) is 314 cm³/mol. The maximum absolute atomic E-state index is 15.3. The molecule has 4 rings (SSSR count). The first kappa shape index (κ1) is 60.6. The lowest BCUT2D eigenvalue weighted by Gasteiger charge is -2.25. The highest BCUT2D eigenvalue weighted by Gasteiger charge is 2.43. The van der Waals surface area contributed by atoms with Gasteiger partial charge in [0.05, 0.1) is 22.5 Å². The van der Waals surface area contributed by atoms with Crippen molar-refractivity contribution in [2.45, 2.75) is 285 Å². The molecule has 2 amide bonds. The standard InChI is InChI=1S/C64H104Br2N2O2/c1-5-9-13-17-21-25-27-31-35-39-43-53(41-37-33-29-23-19-15-11-7-3)51-67-59-49-55(65)45-47-57(59)61(63(67)69)62-58-48-46-56(66)50-60(58)68(64(62)70)52-54(42-38-34-30-24-20-16-12-8-4)44-40-36-32-28-26-22-18-14-10-6-2/h45-50,53-54H,5-44,51-52H2,1-4H3/b62-61+. The number of carbonyl (C=O) groups excluding carboxylic acids is 2. The van der Waals surface area contributed by atoms with Crippen LogP contribution in [0.3, 0.4) is 0 Å². The van der Waals surface area contributed by atoms with Crippen molar-refractivity contribution in [2.75, 3.05) is 22.9 Å². The molecule has 2 aliphatic rings. The largest absolute Gasteiger partial charge is 0.307 e. The molecule has 2 aromatic carbocycles. The SMILES string of the molecule is CCCCCCCCCCCCC(CCCCCCCCCC)CN1C(=O)/C(=C2/C(=O)N(CC(CCCCCCCCCC)CCCCCCCCCCCC)c3cc(Br)ccc32)c2ccc(Br)cc21. The maximum Gasteiger partial charge on any atom is 0.259 e. The van der Waals surface area contributed by atoms with Crippen LogP contribution >= 0.6 is 31.9 Å². The average Bonchev–Trinajstić information content (AvgIpc) is 3.77. The van der Waals surface area contributed by atoms with Gasteiger partial charge in [-0.3, -0.25) is 9.59 Å². The van der Waals surface area contributed by atoms with E-state index in [1.165, 1.54) is 231 Å². The fourth-order valence-electron chi connectivity index (χ4n) is 11.6. The number of carbonyl (C=O) groups is 2. The number of nitrogens with zero attached hydrogens (tertiary/aromatic N) is 2. The van der Waals surface area contributed by atoms with Crippen molar-refractivity contribution in [3.63, 3.8) is 0 Å². The van der Waals surface area contributed by atoms with Gasteiger partial charge in [-0.25, -0.2) is 0 Å². The fraction of sp³-hybridized carbons (Fsp3) is 0.750. The quantitative estimate of drug-likeness (QED) is 0.0490. The number of rotatable bonds is 44. The molecule has 0 bridgehead atoms. The van der Waals surface area contributed by atoms with E-state index in [9.17, 15) is 0 Å². The molecule has 2 atom stereocenters. The molecule has 396 valence electrons. The van der Waals surface area contributed by atoms with Crippen molar-refractivity contribution in [2.24, 2.45) is 11.8 Å². The Balaban J connectivity index is 1.52. The van der Waals surface area contributed by atoms with Crippen molar-refractivity contribution in [3.05, 3.63) is 56.5 Å². The van der Waals surface area contributed by atoms with Gasteiger partial charge < -0.3 is 9.80 Å². The van der Waals surface area contributed by atoms with Crippen molar-refractivity contribution < 1.29 is 9.59 Å². The molecule has 0 N–H and O–H groups in total. The lowest BCUT2D eigenvalue weighted by atomic mass is 9.93. The molecule has 0 aliphatic carbocycles. The average molecular weight is 1090 g/mol. The Morgan fingerprint density at radius 1 is 0.343 bits per heavy atom. The highest BCUT2D eigenvalue weighted by Crippen LogP contribution is 2.48. The maximum atomic E-state index is 15.3. The summed E-state index contributed by atoms with van der Waals surface area (Å²) >= 11 is 7.59. The first-order valence-electron chi connectivity index (χ1n) is 30.3. The van der Waals surface area contributed by atoms with Gasteiger partial charge in [-0.15, -0.1) is 0 Å². The second-order valence-electron chi connectivity index (χ2n) is 22.1. The number of fused-ring (bicyclic) bond motifs is 2. The van der Waals surface area contributed by atoms with Crippen LogP contribution in [0.25, 0.3) is 11.1 Å². The van der Waals surface area contributed by atoms with Crippen LogP contribution in [0.15, 0.2) is 45.3 Å². The highest BCUT2D eigenvalue weighted by atomic mass is 79.9. The summed E-state index contributed by atoms with van der Waals surface area (Å²) in [5.74, 6) is 0.904. The van der Waals surface area contributed by atoms with E-state index in [2.05, 4.69) is 106 Å². The third-order valence-electron chi connectivity index (χ3n) is 16.0. The van der Waals surface area contributed by atoms with Crippen LogP contribution < -0.4 is 9.80 Å². The number of amides is 2. The third kappa shape index (κ3) is 22.3. The Morgan fingerprint density at radius 2 is 0.571 bits per heavy atom. The molecule has 2 aromatic rings. The first-order valence-corrected chi connectivity index (χ1v) is 31.9. The molecule has 70 heavy (non-hydrogen) atoms. The Hall–Kier alpha value is -1.92. The monoisotopic (exact) mass is 1090 g/mol. The van der Waals surface area contributed by atoms with Crippen molar-refractivity contribution in [1.29, 1.82) is 0 Å². The molecule has 0 spiro atoms. The van der Waals surface area contributed by atoms with Gasteiger partial charge in [-0.1, -0.05) is 303 Å². The highest BCUT2D eigenvalue weighted by molar-refractivity contribution is 9.10. The minimum Gasteiger partial charge on any atom is -0.307 e. The van der Waals surface area contributed by atoms with Gasteiger partial charge in [0, 0.05) is 33.2 Å². The Morgan fingerprint density at radius 3 is 0.814 bits per heavy atom. The topological polar surface area (TPSA) is 40.6 Å². The summed E-state index contributed by atoms with van der Waals surface area (Å²) in [5.41, 5.74) is 4.97. The number of benzene rings is 2. The Kier molecular flexibility index (Phi) is 32.7. The number of halogens is 2. The van der Waals surface area contributed by atoms with Crippen LogP contribution in [-0.4, -0.2) is 24.9 Å². The molecule has 2 heterocycles. The van der Waals surface area contributed by atoms with E-state index >= 15 is 9.59 Å². The summed E-state index contributed by atoms with van der Waals surface area (Å²) in [4.78, 5) is 34.7. The lowest BCUT2D eigenvalue weighted by Crippen LogP contribution is -2.34. The molecule has 0 radical (unpaired) electrons. The number of anilines is 2. The van der Waals surface area contributed by atoms with Crippen LogP contribution in [0.5, 0.6) is 0 Å². The first-order chi connectivity index (χ1) is 34.3. The van der Waals surface area contributed by atoms with E-state index in [1.807, 2.05) is 0 Å². The van der Waals surface area contributed by atoms with Crippen molar-refractivity contribution in [1.82, 2.24) is 0 Å². The van der Waals surface area contributed by atoms with Crippen molar-refractivity contribution >= 4 is 66.2 Å². The van der Waals surface area contributed by atoms with Gasteiger partial charge in [0.25, 0.3) is 11.8 Å². The van der Waals surface area contributed by atoms with Crippen LogP contribution in [0.4, 0.5) is 11.4 Å². The molecule has 6 heteroatoms. The van der Waals surface area contributed by atoms with Gasteiger partial charge in [-0.2, -0.15) is 0 Å². The smallest absolute Gasteiger partial charge is 0.259 e. The molecule has 4 nitrogen and oxygen atoms in total. The van der Waals surface area contributed by atoms with Crippen molar-refractivity contribution in [3.8, 4) is 0 Å². The number of hydrogen-bond donors (Lipinski definition) is 0. The molecule has 0 saturated carbocycles. The summed E-state index contributed by atoms with van der Waals surface area (Å²) in [6, 6.07) is 12.6. The predicted octanol–water partition coefficient (Wildman–Crippen LogP) is 21.7. The molecule has 0 fully saturated rings. The van der Waals surface area contributed by atoms with Crippen LogP contribution in [-0.2, 0) is 9.59 Å². The van der Waals surface area contributed by atoms with E-state index < -0.39 is 0 Å². The van der Waals surface area contributed by atoms with E-state index in [4.69, 9.17) is 0 Å². The molecule has 2 unspecified atom stereocenters. The molecule has 2 aliphatic heterocycles. The van der Waals surface area contributed by atoms with E-state index in [1.54, 1.807) is 0 Å². The molecular formula is C64H104Br2N2O2. The summed E-state index contributed by atoms with van der Waals surface area (Å²) in [6.07, 6.45) is 52.5. The summed E-state index contributed by atoms with van der Waals surface area (Å²) in [6.45, 7) is 10.6. The zero-order valence-electron chi connectivity index (χ0n) is 45.8. The van der Waals surface area contributed by atoms with E-state index in [-0.39, 0.29) is 11.8 Å². The van der Waals surface area contributed by atoms with Gasteiger partial charge >= 0.3 is 0 Å².